The highest BCUT2D eigenvalue weighted by atomic mass is 19.3. The minimum atomic E-state index is -3.19. The summed E-state index contributed by atoms with van der Waals surface area (Å²) in [5.41, 5.74) is 0.339. The second-order valence-corrected chi connectivity index (χ2v) is 3.53. The Bertz CT molecular complexity index is 490. The van der Waals surface area contributed by atoms with Gasteiger partial charge in [-0.15, -0.1) is 0 Å². The Kier molecular flexibility index (Phi) is 2.23. The molecule has 2 nitrogen and oxygen atoms in total. The summed E-state index contributed by atoms with van der Waals surface area (Å²) in [6, 6.07) is 6.46. The molecule has 0 atom stereocenters. The van der Waals surface area contributed by atoms with Crippen LogP contribution in [0.2, 0.25) is 0 Å². The number of hydrogen-bond donors (Lipinski definition) is 1. The van der Waals surface area contributed by atoms with Crippen molar-refractivity contribution in [3.63, 3.8) is 0 Å². The predicted molar refractivity (Wildman–Crippen MR) is 53.9 cm³/mol. The summed E-state index contributed by atoms with van der Waals surface area (Å²) in [5.74, 6) is -3.19. The maximum atomic E-state index is 13.4. The quantitative estimate of drug-likeness (QED) is 0.809. The zero-order chi connectivity index (χ0) is 11.1. The molecule has 1 N–H and O–H groups in total. The molecule has 0 aliphatic heterocycles. The third-order valence-corrected chi connectivity index (χ3v) is 2.49. The van der Waals surface area contributed by atoms with E-state index in [0.29, 0.717) is 5.52 Å². The average Bonchev–Trinajstić information content (AvgIpc) is 2.60. The number of alkyl halides is 2. The summed E-state index contributed by atoms with van der Waals surface area (Å²) in [5, 5.41) is 9.43. The lowest BCUT2D eigenvalue weighted by atomic mass is 10.1. The van der Waals surface area contributed by atoms with Gasteiger partial charge in [-0.05, 0) is 6.07 Å². The third-order valence-electron chi connectivity index (χ3n) is 2.49. The van der Waals surface area contributed by atoms with E-state index in [4.69, 9.17) is 5.11 Å². The highest BCUT2D eigenvalue weighted by molar-refractivity contribution is 5.84. The molecular formula is C11H11F2NO. The number of nitrogens with zero attached hydrogens (tertiary/aromatic N) is 1. The number of para-hydroxylation sites is 1. The van der Waals surface area contributed by atoms with Crippen molar-refractivity contribution in [2.75, 3.05) is 6.61 Å². The van der Waals surface area contributed by atoms with E-state index in [-0.39, 0.29) is 5.56 Å². The Labute approximate surface area is 85.8 Å². The van der Waals surface area contributed by atoms with Gasteiger partial charge in [0.2, 0.25) is 0 Å². The van der Waals surface area contributed by atoms with Crippen LogP contribution >= 0.6 is 0 Å². The zero-order valence-corrected chi connectivity index (χ0v) is 8.24. The topological polar surface area (TPSA) is 25.2 Å². The van der Waals surface area contributed by atoms with Crippen LogP contribution in [0.1, 0.15) is 5.56 Å². The first-order valence-corrected chi connectivity index (χ1v) is 4.59. The Morgan fingerprint density at radius 1 is 1.33 bits per heavy atom. The van der Waals surface area contributed by atoms with Crippen LogP contribution in [0.5, 0.6) is 0 Å². The lowest BCUT2D eigenvalue weighted by Gasteiger charge is -2.15. The normalized spacial score (nSPS) is 12.3. The van der Waals surface area contributed by atoms with Crippen molar-refractivity contribution in [1.29, 1.82) is 0 Å². The molecule has 0 bridgehead atoms. The van der Waals surface area contributed by atoms with Gasteiger partial charge in [0.05, 0.1) is 5.52 Å². The van der Waals surface area contributed by atoms with Gasteiger partial charge in [-0.2, -0.15) is 8.78 Å². The fraction of sp³-hybridized carbons (Fsp3) is 0.273. The van der Waals surface area contributed by atoms with Crippen LogP contribution in [0, 0.1) is 0 Å². The monoisotopic (exact) mass is 211 g/mol. The number of halogens is 2. The standard InChI is InChI=1S/C11H11F2NO/c1-14-6-5-8-3-2-4-9(10(8)14)11(12,13)7-15/h2-6,15H,7H2,1H3. The molecule has 1 heterocycles. The molecule has 0 saturated heterocycles. The number of aliphatic hydroxyl groups excluding tert-OH is 1. The predicted octanol–water partition coefficient (Wildman–Crippen LogP) is 2.26. The van der Waals surface area contributed by atoms with Gasteiger partial charge in [0.15, 0.2) is 0 Å². The van der Waals surface area contributed by atoms with E-state index in [1.807, 2.05) is 0 Å². The van der Waals surface area contributed by atoms with Gasteiger partial charge in [0, 0.05) is 24.2 Å². The Balaban J connectivity index is 2.75. The first kappa shape index (κ1) is 10.1. The number of aryl methyl sites for hydroxylation is 1. The van der Waals surface area contributed by atoms with Gasteiger partial charge >= 0.3 is 0 Å². The molecule has 0 saturated carbocycles. The summed E-state index contributed by atoms with van der Waals surface area (Å²) >= 11 is 0. The second kappa shape index (κ2) is 3.31. The third kappa shape index (κ3) is 1.51. The maximum absolute atomic E-state index is 13.4. The molecule has 0 spiro atoms. The Morgan fingerprint density at radius 2 is 2.07 bits per heavy atom. The van der Waals surface area contributed by atoms with Crippen LogP contribution in [0.15, 0.2) is 30.5 Å². The van der Waals surface area contributed by atoms with E-state index in [0.717, 1.165) is 5.39 Å². The molecule has 2 aromatic rings. The van der Waals surface area contributed by atoms with Crippen LogP contribution in [-0.4, -0.2) is 16.3 Å². The molecule has 0 unspecified atom stereocenters. The molecule has 80 valence electrons. The van der Waals surface area contributed by atoms with Crippen molar-refractivity contribution in [2.24, 2.45) is 7.05 Å². The molecule has 0 radical (unpaired) electrons. The summed E-state index contributed by atoms with van der Waals surface area (Å²) in [6.07, 6.45) is 1.72. The molecule has 4 heteroatoms. The van der Waals surface area contributed by atoms with Gasteiger partial charge in [-0.1, -0.05) is 18.2 Å². The molecule has 15 heavy (non-hydrogen) atoms. The fourth-order valence-electron chi connectivity index (χ4n) is 1.74. The number of rotatable bonds is 2. The van der Waals surface area contributed by atoms with Gasteiger partial charge < -0.3 is 9.67 Å². The van der Waals surface area contributed by atoms with Crippen LogP contribution in [0.4, 0.5) is 8.78 Å². The van der Waals surface area contributed by atoms with Crippen molar-refractivity contribution < 1.29 is 13.9 Å². The number of benzene rings is 1. The number of hydrogen-bond acceptors (Lipinski definition) is 1. The largest absolute Gasteiger partial charge is 0.390 e. The lowest BCUT2D eigenvalue weighted by Crippen LogP contribution is -2.19. The molecule has 0 amide bonds. The number of aliphatic hydroxyl groups is 1. The fourth-order valence-corrected chi connectivity index (χ4v) is 1.74. The number of fused-ring (bicyclic) bond motifs is 1. The molecule has 0 aliphatic rings. The van der Waals surface area contributed by atoms with Crippen molar-refractivity contribution in [3.05, 3.63) is 36.0 Å². The lowest BCUT2D eigenvalue weighted by molar-refractivity contribution is -0.0545. The van der Waals surface area contributed by atoms with E-state index >= 15 is 0 Å². The zero-order valence-electron chi connectivity index (χ0n) is 8.24. The highest BCUT2D eigenvalue weighted by Crippen LogP contribution is 2.33. The molecule has 2 rings (SSSR count). The SMILES string of the molecule is Cn1ccc2cccc(C(F)(F)CO)c21. The molecule has 1 aromatic carbocycles. The Hall–Kier alpha value is -1.42. The second-order valence-electron chi connectivity index (χ2n) is 3.53. The van der Waals surface area contributed by atoms with Gasteiger partial charge in [0.25, 0.3) is 5.92 Å². The molecule has 1 aromatic heterocycles. The van der Waals surface area contributed by atoms with Gasteiger partial charge in [-0.3, -0.25) is 0 Å². The van der Waals surface area contributed by atoms with E-state index in [1.165, 1.54) is 6.07 Å². The van der Waals surface area contributed by atoms with Crippen molar-refractivity contribution in [1.82, 2.24) is 4.57 Å². The van der Waals surface area contributed by atoms with Gasteiger partial charge in [0.1, 0.15) is 6.61 Å². The van der Waals surface area contributed by atoms with E-state index in [1.54, 1.807) is 36.0 Å². The van der Waals surface area contributed by atoms with Crippen LogP contribution in [0.3, 0.4) is 0 Å². The average molecular weight is 211 g/mol. The van der Waals surface area contributed by atoms with Crippen LogP contribution in [-0.2, 0) is 13.0 Å². The van der Waals surface area contributed by atoms with Crippen molar-refractivity contribution in [2.45, 2.75) is 5.92 Å². The van der Waals surface area contributed by atoms with E-state index < -0.39 is 12.5 Å². The van der Waals surface area contributed by atoms with Crippen LogP contribution in [0.25, 0.3) is 10.9 Å². The van der Waals surface area contributed by atoms with Crippen molar-refractivity contribution in [3.8, 4) is 0 Å². The molecular weight excluding hydrogens is 200 g/mol. The van der Waals surface area contributed by atoms with E-state index in [9.17, 15) is 8.78 Å². The summed E-state index contributed by atoms with van der Waals surface area (Å²) in [7, 11) is 1.71. The Morgan fingerprint density at radius 3 is 2.73 bits per heavy atom. The van der Waals surface area contributed by atoms with E-state index in [2.05, 4.69) is 0 Å². The summed E-state index contributed by atoms with van der Waals surface area (Å²) < 4.78 is 28.5. The molecule has 0 aliphatic carbocycles. The van der Waals surface area contributed by atoms with Crippen LogP contribution < -0.4 is 0 Å². The minimum absolute atomic E-state index is 0.130. The number of aromatic nitrogens is 1. The molecule has 0 fully saturated rings. The first-order chi connectivity index (χ1) is 7.06. The minimum Gasteiger partial charge on any atom is -0.390 e. The smallest absolute Gasteiger partial charge is 0.297 e. The first-order valence-electron chi connectivity index (χ1n) is 4.59. The van der Waals surface area contributed by atoms with Gasteiger partial charge in [-0.25, -0.2) is 0 Å². The highest BCUT2D eigenvalue weighted by Gasteiger charge is 2.33. The van der Waals surface area contributed by atoms with Crippen molar-refractivity contribution >= 4 is 10.9 Å². The summed E-state index contributed by atoms with van der Waals surface area (Å²) in [6.45, 7) is -1.17. The maximum Gasteiger partial charge on any atom is 0.297 e. The summed E-state index contributed by atoms with van der Waals surface area (Å²) in [4.78, 5) is 0.